The summed E-state index contributed by atoms with van der Waals surface area (Å²) in [6.07, 6.45) is 7.06. The van der Waals surface area contributed by atoms with E-state index < -0.39 is 0 Å². The molecule has 0 aliphatic heterocycles. The fourth-order valence-corrected chi connectivity index (χ4v) is 3.74. The summed E-state index contributed by atoms with van der Waals surface area (Å²) in [4.78, 5) is 0. The average molecular weight is 293 g/mol. The van der Waals surface area contributed by atoms with Crippen LogP contribution in [0.5, 0.6) is 5.75 Å². The van der Waals surface area contributed by atoms with Crippen molar-refractivity contribution in [3.8, 4) is 5.75 Å². The summed E-state index contributed by atoms with van der Waals surface area (Å²) < 4.78 is 19.7. The topological polar surface area (TPSA) is 21.3 Å². The van der Waals surface area contributed by atoms with Crippen LogP contribution in [0.2, 0.25) is 0 Å². The minimum absolute atomic E-state index is 0.107. The van der Waals surface area contributed by atoms with Crippen molar-refractivity contribution >= 4 is 0 Å². The van der Waals surface area contributed by atoms with E-state index in [9.17, 15) is 4.39 Å². The minimum Gasteiger partial charge on any atom is -0.497 e. The second-order valence-electron chi connectivity index (χ2n) is 6.20. The Balaban J connectivity index is 2.35. The van der Waals surface area contributed by atoms with Crippen LogP contribution in [-0.2, 0) is 0 Å². The van der Waals surface area contributed by atoms with E-state index in [-0.39, 0.29) is 17.3 Å². The number of nitrogens with one attached hydrogen (secondary N) is 1. The van der Waals surface area contributed by atoms with Crippen LogP contribution in [0.1, 0.15) is 64.0 Å². The Labute approximate surface area is 128 Å². The molecule has 2 nitrogen and oxygen atoms in total. The van der Waals surface area contributed by atoms with Gasteiger partial charge in [-0.2, -0.15) is 0 Å². The highest BCUT2D eigenvalue weighted by molar-refractivity contribution is 5.32. The molecule has 1 aromatic rings. The third-order valence-corrected chi connectivity index (χ3v) is 5.03. The lowest BCUT2D eigenvalue weighted by Gasteiger charge is -2.38. The van der Waals surface area contributed by atoms with Crippen LogP contribution in [0.4, 0.5) is 4.39 Å². The van der Waals surface area contributed by atoms with Gasteiger partial charge in [0.15, 0.2) is 0 Å². The Kier molecular flexibility index (Phi) is 5.63. The minimum atomic E-state index is -0.150. The molecule has 0 radical (unpaired) electrons. The molecule has 1 fully saturated rings. The lowest BCUT2D eigenvalue weighted by molar-refractivity contribution is 0.183. The molecular formula is C18H28FNO. The molecule has 1 aliphatic carbocycles. The van der Waals surface area contributed by atoms with E-state index in [1.165, 1.54) is 31.7 Å². The van der Waals surface area contributed by atoms with Crippen LogP contribution < -0.4 is 10.1 Å². The van der Waals surface area contributed by atoms with Crippen LogP contribution >= 0.6 is 0 Å². The summed E-state index contributed by atoms with van der Waals surface area (Å²) >= 11 is 0. The molecule has 1 unspecified atom stereocenters. The van der Waals surface area contributed by atoms with Gasteiger partial charge in [0, 0.05) is 17.7 Å². The van der Waals surface area contributed by atoms with E-state index in [0.29, 0.717) is 5.75 Å². The first kappa shape index (κ1) is 16.3. The van der Waals surface area contributed by atoms with Crippen LogP contribution in [0.3, 0.4) is 0 Å². The quantitative estimate of drug-likeness (QED) is 0.776. The van der Waals surface area contributed by atoms with Crippen LogP contribution in [0.15, 0.2) is 18.2 Å². The number of hydrogen-bond acceptors (Lipinski definition) is 2. The summed E-state index contributed by atoms with van der Waals surface area (Å²) in [6, 6.07) is 5.39. The second kappa shape index (κ2) is 7.26. The average Bonchev–Trinajstić information content (AvgIpc) is 2.99. The van der Waals surface area contributed by atoms with Gasteiger partial charge in [0.2, 0.25) is 0 Å². The van der Waals surface area contributed by atoms with Crippen molar-refractivity contribution in [3.05, 3.63) is 29.6 Å². The van der Waals surface area contributed by atoms with Crippen molar-refractivity contribution in [1.82, 2.24) is 5.32 Å². The number of halogens is 1. The molecule has 1 saturated carbocycles. The van der Waals surface area contributed by atoms with Crippen molar-refractivity contribution < 1.29 is 9.13 Å². The van der Waals surface area contributed by atoms with Crippen molar-refractivity contribution in [3.63, 3.8) is 0 Å². The van der Waals surface area contributed by atoms with Gasteiger partial charge in [-0.25, -0.2) is 4.39 Å². The van der Waals surface area contributed by atoms with Gasteiger partial charge < -0.3 is 10.1 Å². The lowest BCUT2D eigenvalue weighted by Crippen LogP contribution is -2.37. The molecule has 0 spiro atoms. The number of hydrogen-bond donors (Lipinski definition) is 1. The molecule has 0 bridgehead atoms. The van der Waals surface area contributed by atoms with Crippen molar-refractivity contribution in [1.29, 1.82) is 0 Å². The molecule has 0 aromatic heterocycles. The molecule has 0 heterocycles. The maximum absolute atomic E-state index is 14.6. The maximum atomic E-state index is 14.6. The summed E-state index contributed by atoms with van der Waals surface area (Å²) in [7, 11) is 1.58. The van der Waals surface area contributed by atoms with Crippen molar-refractivity contribution in [2.45, 2.75) is 58.4 Å². The Morgan fingerprint density at radius 2 is 2.00 bits per heavy atom. The van der Waals surface area contributed by atoms with Crippen LogP contribution in [0.25, 0.3) is 0 Å². The van der Waals surface area contributed by atoms with Gasteiger partial charge in [-0.1, -0.05) is 32.8 Å². The zero-order valence-corrected chi connectivity index (χ0v) is 13.5. The third kappa shape index (κ3) is 3.39. The number of ether oxygens (including phenoxy) is 1. The Morgan fingerprint density at radius 1 is 1.29 bits per heavy atom. The first-order chi connectivity index (χ1) is 10.2. The highest BCUT2D eigenvalue weighted by Gasteiger charge is 2.41. The molecule has 0 saturated heterocycles. The predicted molar refractivity (Wildman–Crippen MR) is 85.2 cm³/mol. The van der Waals surface area contributed by atoms with E-state index in [1.807, 2.05) is 12.1 Å². The fraction of sp³-hybridized carbons (Fsp3) is 0.667. The van der Waals surface area contributed by atoms with Gasteiger partial charge in [-0.15, -0.1) is 0 Å². The van der Waals surface area contributed by atoms with E-state index >= 15 is 0 Å². The van der Waals surface area contributed by atoms with E-state index in [0.717, 1.165) is 24.9 Å². The second-order valence-corrected chi connectivity index (χ2v) is 6.20. The van der Waals surface area contributed by atoms with Gasteiger partial charge in [0.05, 0.1) is 7.11 Å². The smallest absolute Gasteiger partial charge is 0.131 e. The zero-order chi connectivity index (χ0) is 15.3. The first-order valence-corrected chi connectivity index (χ1v) is 8.23. The van der Waals surface area contributed by atoms with Crippen LogP contribution in [0, 0.1) is 11.2 Å². The predicted octanol–water partition coefficient (Wildman–Crippen LogP) is 4.85. The fourth-order valence-electron chi connectivity index (χ4n) is 3.74. The summed E-state index contributed by atoms with van der Waals surface area (Å²) in [5, 5.41) is 3.62. The standard InChI is InChI=1S/C18H28FNO/c1-4-12-20-17(18(5-2)10-6-7-11-18)15-9-8-14(21-3)13-16(15)19/h8-9,13,17,20H,4-7,10-12H2,1-3H3. The largest absolute Gasteiger partial charge is 0.497 e. The summed E-state index contributed by atoms with van der Waals surface area (Å²) in [6.45, 7) is 5.33. The van der Waals surface area contributed by atoms with Gasteiger partial charge in [-0.05, 0) is 43.7 Å². The van der Waals surface area contributed by atoms with E-state index in [2.05, 4.69) is 19.2 Å². The van der Waals surface area contributed by atoms with E-state index in [4.69, 9.17) is 4.74 Å². The SMILES string of the molecule is CCCNC(c1ccc(OC)cc1F)C1(CC)CCCC1. The first-order valence-electron chi connectivity index (χ1n) is 8.23. The molecule has 0 amide bonds. The Hall–Kier alpha value is -1.09. The van der Waals surface area contributed by atoms with E-state index in [1.54, 1.807) is 7.11 Å². The Bertz CT molecular complexity index is 455. The molecule has 21 heavy (non-hydrogen) atoms. The number of methoxy groups -OCH3 is 1. The number of benzene rings is 1. The van der Waals surface area contributed by atoms with Gasteiger partial charge >= 0.3 is 0 Å². The van der Waals surface area contributed by atoms with Gasteiger partial charge in [0.1, 0.15) is 11.6 Å². The molecule has 1 N–H and O–H groups in total. The normalized spacial score (nSPS) is 18.7. The Morgan fingerprint density at radius 3 is 2.52 bits per heavy atom. The van der Waals surface area contributed by atoms with Crippen LogP contribution in [-0.4, -0.2) is 13.7 Å². The lowest BCUT2D eigenvalue weighted by atomic mass is 9.73. The molecule has 2 rings (SSSR count). The molecule has 3 heteroatoms. The maximum Gasteiger partial charge on any atom is 0.131 e. The monoisotopic (exact) mass is 293 g/mol. The highest BCUT2D eigenvalue weighted by atomic mass is 19.1. The highest BCUT2D eigenvalue weighted by Crippen LogP contribution is 2.50. The number of rotatable bonds is 7. The van der Waals surface area contributed by atoms with Gasteiger partial charge in [-0.3, -0.25) is 0 Å². The summed E-state index contributed by atoms with van der Waals surface area (Å²) in [5.74, 6) is 0.435. The van der Waals surface area contributed by atoms with Crippen molar-refractivity contribution in [2.75, 3.05) is 13.7 Å². The third-order valence-electron chi connectivity index (χ3n) is 5.03. The van der Waals surface area contributed by atoms with Crippen molar-refractivity contribution in [2.24, 2.45) is 5.41 Å². The molecule has 118 valence electrons. The van der Waals surface area contributed by atoms with Gasteiger partial charge in [0.25, 0.3) is 0 Å². The summed E-state index contributed by atoms with van der Waals surface area (Å²) in [5.41, 5.74) is 0.998. The molecular weight excluding hydrogens is 265 g/mol. The molecule has 1 aliphatic rings. The zero-order valence-electron chi connectivity index (χ0n) is 13.5. The molecule has 1 atom stereocenters. The molecule has 1 aromatic carbocycles.